The van der Waals surface area contributed by atoms with E-state index in [0.717, 1.165) is 16.7 Å². The van der Waals surface area contributed by atoms with Crippen molar-refractivity contribution in [2.45, 2.75) is 5.88 Å². The lowest BCUT2D eigenvalue weighted by Crippen LogP contribution is -1.86. The monoisotopic (exact) mass is 271 g/mol. The molecule has 4 heteroatoms. The second kappa shape index (κ2) is 5.05. The van der Waals surface area contributed by atoms with Crippen LogP contribution in [0.5, 0.6) is 0 Å². The van der Waals surface area contributed by atoms with Gasteiger partial charge in [0, 0.05) is 39.4 Å². The van der Waals surface area contributed by atoms with Gasteiger partial charge >= 0.3 is 0 Å². The van der Waals surface area contributed by atoms with Crippen molar-refractivity contribution in [3.63, 3.8) is 0 Å². The van der Waals surface area contributed by atoms with Gasteiger partial charge in [0.1, 0.15) is 0 Å². The van der Waals surface area contributed by atoms with Crippen molar-refractivity contribution in [3.8, 4) is 11.1 Å². The average molecular weight is 273 g/mol. The van der Waals surface area contributed by atoms with Gasteiger partial charge in [0.05, 0.1) is 0 Å². The number of hydrogen-bond acceptors (Lipinski definition) is 1. The van der Waals surface area contributed by atoms with Crippen molar-refractivity contribution in [1.29, 1.82) is 0 Å². The summed E-state index contributed by atoms with van der Waals surface area (Å²) in [6.45, 7) is 0. The number of halogens is 3. The van der Waals surface area contributed by atoms with E-state index in [1.165, 1.54) is 0 Å². The average Bonchev–Trinajstić information content (AvgIpc) is 2.29. The second-order valence-corrected chi connectivity index (χ2v) is 4.39. The molecule has 2 aromatic rings. The Balaban J connectivity index is 2.58. The maximum atomic E-state index is 6.11. The number of aromatic nitrogens is 1. The van der Waals surface area contributed by atoms with Gasteiger partial charge in [0.2, 0.25) is 0 Å². The van der Waals surface area contributed by atoms with Gasteiger partial charge in [-0.1, -0.05) is 29.3 Å². The van der Waals surface area contributed by atoms with E-state index in [1.807, 2.05) is 12.1 Å². The van der Waals surface area contributed by atoms with Crippen LogP contribution in [0.3, 0.4) is 0 Å². The van der Waals surface area contributed by atoms with Gasteiger partial charge in [-0.25, -0.2) is 0 Å². The predicted molar refractivity (Wildman–Crippen MR) is 69.3 cm³/mol. The first-order valence-electron chi connectivity index (χ1n) is 4.66. The zero-order valence-corrected chi connectivity index (χ0v) is 10.5. The molecule has 0 radical (unpaired) electrons. The molecule has 0 N–H and O–H groups in total. The third kappa shape index (κ3) is 2.32. The number of nitrogens with zero attached hydrogens (tertiary/aromatic N) is 1. The minimum Gasteiger partial charge on any atom is -0.264 e. The highest BCUT2D eigenvalue weighted by atomic mass is 35.5. The normalized spacial score (nSPS) is 10.4. The van der Waals surface area contributed by atoms with Gasteiger partial charge in [0.25, 0.3) is 0 Å². The Labute approximate surface area is 109 Å². The van der Waals surface area contributed by atoms with Crippen molar-refractivity contribution in [1.82, 2.24) is 4.98 Å². The van der Waals surface area contributed by atoms with Crippen LogP contribution in [0.2, 0.25) is 10.0 Å². The van der Waals surface area contributed by atoms with Crippen molar-refractivity contribution in [3.05, 3.63) is 52.3 Å². The van der Waals surface area contributed by atoms with E-state index in [2.05, 4.69) is 4.98 Å². The molecule has 1 aromatic heterocycles. The highest BCUT2D eigenvalue weighted by Gasteiger charge is 2.08. The molecule has 1 nitrogen and oxygen atoms in total. The van der Waals surface area contributed by atoms with Crippen molar-refractivity contribution >= 4 is 34.8 Å². The van der Waals surface area contributed by atoms with Crippen LogP contribution >= 0.6 is 34.8 Å². The Hall–Kier alpha value is -0.760. The Morgan fingerprint density at radius 1 is 1.06 bits per heavy atom. The maximum Gasteiger partial charge on any atom is 0.0499 e. The molecule has 1 aromatic carbocycles. The molecular formula is C12H8Cl3N. The summed E-state index contributed by atoms with van der Waals surface area (Å²) < 4.78 is 0. The lowest BCUT2D eigenvalue weighted by molar-refractivity contribution is 1.25. The highest BCUT2D eigenvalue weighted by molar-refractivity contribution is 6.39. The third-order valence-corrected chi connectivity index (χ3v) is 3.14. The number of rotatable bonds is 2. The van der Waals surface area contributed by atoms with E-state index in [-0.39, 0.29) is 0 Å². The van der Waals surface area contributed by atoms with Gasteiger partial charge in [-0.15, -0.1) is 11.6 Å². The summed E-state index contributed by atoms with van der Waals surface area (Å²) in [7, 11) is 0. The lowest BCUT2D eigenvalue weighted by atomic mass is 10.1. The smallest absolute Gasteiger partial charge is 0.0499 e. The van der Waals surface area contributed by atoms with E-state index in [9.17, 15) is 0 Å². The van der Waals surface area contributed by atoms with Crippen LogP contribution < -0.4 is 0 Å². The van der Waals surface area contributed by atoms with E-state index in [0.29, 0.717) is 15.9 Å². The molecule has 0 saturated carbocycles. The summed E-state index contributed by atoms with van der Waals surface area (Å²) in [6.07, 6.45) is 3.45. The first-order valence-corrected chi connectivity index (χ1v) is 5.95. The highest BCUT2D eigenvalue weighted by Crippen LogP contribution is 2.34. The predicted octanol–water partition coefficient (Wildman–Crippen LogP) is 4.79. The first-order chi connectivity index (χ1) is 7.72. The molecule has 0 atom stereocenters. The summed E-state index contributed by atoms with van der Waals surface area (Å²) in [5.74, 6) is 0.420. The number of alkyl halides is 1. The van der Waals surface area contributed by atoms with Crippen molar-refractivity contribution in [2.24, 2.45) is 0 Å². The molecule has 16 heavy (non-hydrogen) atoms. The molecule has 2 rings (SSSR count). The van der Waals surface area contributed by atoms with E-state index < -0.39 is 0 Å². The third-order valence-electron chi connectivity index (χ3n) is 2.20. The first kappa shape index (κ1) is 11.7. The summed E-state index contributed by atoms with van der Waals surface area (Å²) in [4.78, 5) is 4.11. The fraction of sp³-hybridized carbons (Fsp3) is 0.0833. The molecule has 0 fully saturated rings. The number of benzene rings is 1. The van der Waals surface area contributed by atoms with Gasteiger partial charge in [-0.3, -0.25) is 4.98 Å². The number of pyridine rings is 1. The molecule has 0 amide bonds. The van der Waals surface area contributed by atoms with Crippen molar-refractivity contribution < 1.29 is 0 Å². The summed E-state index contributed by atoms with van der Waals surface area (Å²) in [5, 5.41) is 1.22. The molecule has 0 aliphatic rings. The molecule has 0 saturated heterocycles. The summed E-state index contributed by atoms with van der Waals surface area (Å²) in [6, 6.07) is 7.35. The van der Waals surface area contributed by atoms with Gasteiger partial charge in [-0.2, -0.15) is 0 Å². The largest absolute Gasteiger partial charge is 0.264 e. The lowest BCUT2D eigenvalue weighted by Gasteiger charge is -2.07. The quantitative estimate of drug-likeness (QED) is 0.716. The van der Waals surface area contributed by atoms with E-state index in [4.69, 9.17) is 34.8 Å². The van der Waals surface area contributed by atoms with Crippen LogP contribution in [-0.2, 0) is 5.88 Å². The fourth-order valence-electron chi connectivity index (χ4n) is 1.47. The summed E-state index contributed by atoms with van der Waals surface area (Å²) >= 11 is 18.0. The van der Waals surface area contributed by atoms with Crippen LogP contribution in [0.1, 0.15) is 5.56 Å². The minimum absolute atomic E-state index is 0.420. The molecule has 1 heterocycles. The molecule has 0 spiro atoms. The molecule has 0 bridgehead atoms. The van der Waals surface area contributed by atoms with Gasteiger partial charge in [-0.05, 0) is 23.8 Å². The molecule has 0 unspecified atom stereocenters. The summed E-state index contributed by atoms with van der Waals surface area (Å²) in [5.41, 5.74) is 2.62. The Morgan fingerprint density at radius 3 is 2.38 bits per heavy atom. The van der Waals surface area contributed by atoms with Crippen LogP contribution in [0.15, 0.2) is 36.7 Å². The Kier molecular flexibility index (Phi) is 3.70. The molecule has 82 valence electrons. The van der Waals surface area contributed by atoms with E-state index in [1.54, 1.807) is 24.5 Å². The minimum atomic E-state index is 0.420. The van der Waals surface area contributed by atoms with Crippen LogP contribution in [0.4, 0.5) is 0 Å². The number of hydrogen-bond donors (Lipinski definition) is 0. The van der Waals surface area contributed by atoms with Crippen LogP contribution in [0.25, 0.3) is 11.1 Å². The fourth-order valence-corrected chi connectivity index (χ4v) is 2.23. The maximum absolute atomic E-state index is 6.11. The zero-order valence-electron chi connectivity index (χ0n) is 8.25. The van der Waals surface area contributed by atoms with Gasteiger partial charge < -0.3 is 0 Å². The molecule has 0 aliphatic heterocycles. The molecular weight excluding hydrogens is 264 g/mol. The Bertz CT molecular complexity index is 491. The van der Waals surface area contributed by atoms with E-state index >= 15 is 0 Å². The molecule has 0 aliphatic carbocycles. The van der Waals surface area contributed by atoms with Crippen molar-refractivity contribution in [2.75, 3.05) is 0 Å². The topological polar surface area (TPSA) is 12.9 Å². The van der Waals surface area contributed by atoms with Gasteiger partial charge in [0.15, 0.2) is 0 Å². The standard InChI is InChI=1S/C12H8Cl3N/c13-5-8-4-9(7-16-6-8)12-10(14)2-1-3-11(12)15/h1-4,6-7H,5H2. The SMILES string of the molecule is ClCc1cncc(-c2c(Cl)cccc2Cl)c1. The van der Waals surface area contributed by atoms with Crippen LogP contribution in [-0.4, -0.2) is 4.98 Å². The second-order valence-electron chi connectivity index (χ2n) is 3.31. The van der Waals surface area contributed by atoms with Crippen LogP contribution in [0, 0.1) is 0 Å². The zero-order chi connectivity index (χ0) is 11.5. The Morgan fingerprint density at radius 2 is 1.75 bits per heavy atom.